The van der Waals surface area contributed by atoms with E-state index >= 15 is 0 Å². The Morgan fingerprint density at radius 3 is 2.30 bits per heavy atom. The first-order chi connectivity index (χ1) is 34.8. The summed E-state index contributed by atoms with van der Waals surface area (Å²) in [6.07, 6.45) is -4.44. The fourth-order valence-corrected chi connectivity index (χ4v) is 12.9. The third-order valence-electron chi connectivity index (χ3n) is 16.8. The number of aromatic nitrogens is 4. The summed E-state index contributed by atoms with van der Waals surface area (Å²) in [5.41, 5.74) is -2.15. The summed E-state index contributed by atoms with van der Waals surface area (Å²) >= 11 is 1.54. The lowest BCUT2D eigenvalue weighted by Gasteiger charge is -2.51. The zero-order valence-electron chi connectivity index (χ0n) is 46.1. The molecule has 74 heavy (non-hydrogen) atoms. The number of aliphatic hydroxyl groups excluding tert-OH is 3. The second-order valence-electron chi connectivity index (χ2n) is 22.5. The van der Waals surface area contributed by atoms with E-state index in [4.69, 9.17) is 28.4 Å². The average Bonchev–Trinajstić information content (AvgIpc) is 4.08. The number of carbonyl (C=O) groups is 1. The quantitative estimate of drug-likeness (QED) is 0.120. The lowest BCUT2D eigenvalue weighted by Crippen LogP contribution is -2.62. The van der Waals surface area contributed by atoms with Crippen LogP contribution in [0.1, 0.15) is 118 Å². The molecule has 0 amide bonds. The normalized spacial score (nSPS) is 39.3. The molecule has 1 unspecified atom stereocenters. The first-order valence-corrected chi connectivity index (χ1v) is 27.3. The van der Waals surface area contributed by atoms with Gasteiger partial charge in [0.15, 0.2) is 6.29 Å². The lowest BCUT2D eigenvalue weighted by atomic mass is 9.68. The predicted octanol–water partition coefficient (Wildman–Crippen LogP) is 5.40. The molecule has 3 aliphatic rings. The number of methoxy groups -OCH3 is 2. The summed E-state index contributed by atoms with van der Waals surface area (Å²) in [5.74, 6) is -3.25. The molecule has 20 heteroatoms. The molecule has 3 aromatic rings. The van der Waals surface area contributed by atoms with Crippen LogP contribution in [0.25, 0.3) is 10.6 Å². The topological polar surface area (TPSA) is 224 Å². The Hall–Kier alpha value is -3.09. The molecule has 0 radical (unpaired) electrons. The summed E-state index contributed by atoms with van der Waals surface area (Å²) in [7, 11) is 6.81. The number of cyclic esters (lactones) is 1. The highest BCUT2D eigenvalue weighted by Gasteiger charge is 2.55. The van der Waals surface area contributed by atoms with Gasteiger partial charge in [-0.3, -0.25) is 4.79 Å². The van der Waals surface area contributed by atoms with Crippen LogP contribution in [0.2, 0.25) is 0 Å². The van der Waals surface area contributed by atoms with E-state index in [0.717, 1.165) is 16.1 Å². The first kappa shape index (κ1) is 60.1. The molecule has 3 aliphatic heterocycles. The summed E-state index contributed by atoms with van der Waals surface area (Å²) in [6, 6.07) is 5.89. The fraction of sp³-hybridized carbons (Fsp3) is 0.778. The van der Waals surface area contributed by atoms with E-state index in [9.17, 15) is 34.7 Å². The standard InChI is InChI=1S/C54H87FN6O12S/c1-15-42-54(10,67)46(63)34(6)60(12)28-30(2)25-52(8,66)48(32(4)43(33(5)50(65)72-42)41-26-53(9,69-14)47(64)35(7)71-41)73-51-44(62)39(24-31(3)70-51)59(11)22-20-38-29-61(58-57-38)40(27-55)45(68-13)36-16-18-37(19-17-36)49-56-21-23-74-49/h16-19,21,23,29-35,39-48,51,62-64,66-67H,15,20,22,24-28H2,1-14H3/t30-,31-,32+,33-,34-,35+,39+,40-,41-,42-,43?,44-,45-,46-,47+,48-,51+,52-,53-,54-/m1/s1. The van der Waals surface area contributed by atoms with Gasteiger partial charge in [-0.2, -0.15) is 0 Å². The van der Waals surface area contributed by atoms with E-state index in [1.807, 2.05) is 74.3 Å². The third-order valence-corrected chi connectivity index (χ3v) is 17.6. The van der Waals surface area contributed by atoms with Crippen molar-refractivity contribution >= 4 is 17.3 Å². The van der Waals surface area contributed by atoms with Crippen LogP contribution in [0.5, 0.6) is 0 Å². The molecule has 0 bridgehead atoms. The predicted molar refractivity (Wildman–Crippen MR) is 278 cm³/mol. The number of nitrogens with zero attached hydrogens (tertiary/aromatic N) is 6. The van der Waals surface area contributed by atoms with Gasteiger partial charge in [-0.05, 0) is 92.3 Å². The first-order valence-electron chi connectivity index (χ1n) is 26.4. The van der Waals surface area contributed by atoms with Gasteiger partial charge in [0.05, 0.1) is 47.2 Å². The van der Waals surface area contributed by atoms with Gasteiger partial charge in [0, 0.05) is 81.5 Å². The van der Waals surface area contributed by atoms with Gasteiger partial charge in [-0.25, -0.2) is 14.1 Å². The van der Waals surface area contributed by atoms with Crippen molar-refractivity contribution in [2.24, 2.45) is 23.7 Å². The number of halogens is 1. The third kappa shape index (κ3) is 13.2. The SMILES string of the molecule is CC[C@H]1OC(=O)[C@H](C)C([C@H]2C[C@@](C)(OC)[C@@H](O)[C@H](C)O2)[C@H](C)[C@@H](O[C@@H]2O[C@H](C)C[C@H](N(C)CCc3cn([C@H](CF)[C@H](OC)c4ccc(-c5nccs5)cc4)nn3)[C@H]2O)[C@](C)(O)C[C@@H](C)CN(C)[C@H](C)[C@@H](O)[C@]1(C)O. The number of hydrogen-bond donors (Lipinski definition) is 5. The van der Waals surface area contributed by atoms with Gasteiger partial charge in [0.25, 0.3) is 0 Å². The molecule has 2 aromatic heterocycles. The number of hydrogen-bond acceptors (Lipinski definition) is 18. The zero-order valence-corrected chi connectivity index (χ0v) is 46.9. The molecular weight excluding hydrogens is 976 g/mol. The molecule has 3 saturated heterocycles. The van der Waals surface area contributed by atoms with Crippen LogP contribution in [-0.2, 0) is 39.6 Å². The van der Waals surface area contributed by atoms with Gasteiger partial charge >= 0.3 is 5.97 Å². The van der Waals surface area contributed by atoms with Crippen LogP contribution in [0.15, 0.2) is 42.0 Å². The highest BCUT2D eigenvalue weighted by Crippen LogP contribution is 2.45. The Balaban J connectivity index is 1.27. The largest absolute Gasteiger partial charge is 0.459 e. The van der Waals surface area contributed by atoms with Crippen molar-refractivity contribution in [2.45, 2.75) is 197 Å². The second kappa shape index (κ2) is 25.1. The molecule has 18 nitrogen and oxygen atoms in total. The van der Waals surface area contributed by atoms with Gasteiger partial charge in [-0.15, -0.1) is 16.4 Å². The Bertz CT molecular complexity index is 2210. The molecule has 0 aliphatic carbocycles. The molecule has 6 rings (SSSR count). The van der Waals surface area contributed by atoms with Crippen LogP contribution in [0, 0.1) is 23.7 Å². The van der Waals surface area contributed by atoms with Crippen LogP contribution in [0.4, 0.5) is 4.39 Å². The summed E-state index contributed by atoms with van der Waals surface area (Å²) in [4.78, 5) is 23.0. The van der Waals surface area contributed by atoms with Crippen LogP contribution >= 0.6 is 11.3 Å². The molecule has 5 heterocycles. The maximum Gasteiger partial charge on any atom is 0.309 e. The van der Waals surface area contributed by atoms with E-state index in [1.54, 1.807) is 61.0 Å². The number of ether oxygens (including phenoxy) is 6. The van der Waals surface area contributed by atoms with Crippen molar-refractivity contribution in [2.75, 3.05) is 48.1 Å². The van der Waals surface area contributed by atoms with Gasteiger partial charge < -0.3 is 63.8 Å². The van der Waals surface area contributed by atoms with E-state index < -0.39 is 120 Å². The van der Waals surface area contributed by atoms with E-state index in [0.29, 0.717) is 31.6 Å². The molecule has 418 valence electrons. The molecule has 5 N–H and O–H groups in total. The number of thiazole rings is 1. The summed E-state index contributed by atoms with van der Waals surface area (Å²) < 4.78 is 54.5. The summed E-state index contributed by atoms with van der Waals surface area (Å²) in [6.45, 7) is 18.0. The molecule has 1 aromatic carbocycles. The van der Waals surface area contributed by atoms with Gasteiger partial charge in [-0.1, -0.05) is 57.2 Å². The van der Waals surface area contributed by atoms with Crippen molar-refractivity contribution in [1.29, 1.82) is 0 Å². The second-order valence-corrected chi connectivity index (χ2v) is 23.4. The molecule has 0 spiro atoms. The van der Waals surface area contributed by atoms with Crippen molar-refractivity contribution in [3.8, 4) is 10.6 Å². The Morgan fingerprint density at radius 1 is 1.00 bits per heavy atom. The number of aliphatic hydroxyl groups is 5. The molecule has 20 atom stereocenters. The minimum atomic E-state index is -1.83. The van der Waals surface area contributed by atoms with Crippen molar-refractivity contribution in [3.05, 3.63) is 53.3 Å². The number of rotatable bonds is 15. The van der Waals surface area contributed by atoms with Crippen molar-refractivity contribution in [3.63, 3.8) is 0 Å². The van der Waals surface area contributed by atoms with Gasteiger partial charge in [0.2, 0.25) is 0 Å². The maximum atomic E-state index is 14.9. The Morgan fingerprint density at radius 2 is 1.69 bits per heavy atom. The smallest absolute Gasteiger partial charge is 0.309 e. The minimum absolute atomic E-state index is 0.173. The van der Waals surface area contributed by atoms with Crippen LogP contribution in [-0.4, -0.2) is 193 Å². The number of esters is 1. The zero-order chi connectivity index (χ0) is 54.6. The minimum Gasteiger partial charge on any atom is -0.459 e. The highest BCUT2D eigenvalue weighted by molar-refractivity contribution is 7.13. The monoisotopic (exact) mass is 1060 g/mol. The molecule has 0 saturated carbocycles. The number of benzene rings is 1. The summed E-state index contributed by atoms with van der Waals surface area (Å²) in [5, 5.41) is 71.8. The highest BCUT2D eigenvalue weighted by atomic mass is 32.1. The Kier molecular flexibility index (Phi) is 20.4. The van der Waals surface area contributed by atoms with Crippen molar-refractivity contribution in [1.82, 2.24) is 29.8 Å². The van der Waals surface area contributed by atoms with E-state index in [-0.39, 0.29) is 31.3 Å². The lowest BCUT2D eigenvalue weighted by molar-refractivity contribution is -0.302. The fourth-order valence-electron chi connectivity index (χ4n) is 12.2. The van der Waals surface area contributed by atoms with E-state index in [2.05, 4.69) is 15.3 Å². The van der Waals surface area contributed by atoms with Gasteiger partial charge in [0.1, 0.15) is 53.8 Å². The van der Waals surface area contributed by atoms with Crippen LogP contribution in [0.3, 0.4) is 0 Å². The van der Waals surface area contributed by atoms with E-state index in [1.165, 1.54) is 30.1 Å². The maximum absolute atomic E-state index is 14.9. The van der Waals surface area contributed by atoms with Crippen molar-refractivity contribution < 1.29 is 63.1 Å². The Labute approximate surface area is 441 Å². The molecular formula is C54H87FN6O12S. The number of carbonyl (C=O) groups excluding carboxylic acids is 1. The average molecular weight is 1060 g/mol. The number of alkyl halides is 1. The van der Waals surface area contributed by atoms with Crippen LogP contribution < -0.4 is 0 Å². The molecule has 3 fully saturated rings. The number of likely N-dealkylation sites (N-methyl/N-ethyl adjacent to an activating group) is 2.